The standard InChI is InChI=1S/C16H18N4O4.2ClH/c17-10-15-8-12(11-24-15)16(21)19-6-4-18(5-7-19)13-2-1-3-14(9-13)20(22)23;;/h1-3,8-9,11H,4-7,10,17H2;2*1H. The third-order valence-corrected chi connectivity index (χ3v) is 4.07. The summed E-state index contributed by atoms with van der Waals surface area (Å²) < 4.78 is 5.21. The van der Waals surface area contributed by atoms with Gasteiger partial charge in [-0.3, -0.25) is 14.9 Å². The molecule has 1 aliphatic heterocycles. The van der Waals surface area contributed by atoms with Gasteiger partial charge in [0.1, 0.15) is 12.0 Å². The van der Waals surface area contributed by atoms with Gasteiger partial charge in [-0.25, -0.2) is 0 Å². The van der Waals surface area contributed by atoms with E-state index in [1.54, 1.807) is 23.1 Å². The highest BCUT2D eigenvalue weighted by Gasteiger charge is 2.24. The fourth-order valence-corrected chi connectivity index (χ4v) is 2.75. The number of nitrogens with two attached hydrogens (primary N) is 1. The van der Waals surface area contributed by atoms with Crippen LogP contribution in [0.3, 0.4) is 0 Å². The van der Waals surface area contributed by atoms with Crippen molar-refractivity contribution < 1.29 is 14.1 Å². The number of halogens is 2. The Morgan fingerprint density at radius 2 is 1.88 bits per heavy atom. The molecule has 0 saturated carbocycles. The Labute approximate surface area is 162 Å². The Morgan fingerprint density at radius 3 is 2.46 bits per heavy atom. The second-order valence-electron chi connectivity index (χ2n) is 5.56. The number of nitrogens with zero attached hydrogens (tertiary/aromatic N) is 3. The minimum atomic E-state index is -0.406. The first-order valence-electron chi connectivity index (χ1n) is 7.64. The molecule has 26 heavy (non-hydrogen) atoms. The zero-order valence-electron chi connectivity index (χ0n) is 13.9. The van der Waals surface area contributed by atoms with E-state index in [-0.39, 0.29) is 43.0 Å². The van der Waals surface area contributed by atoms with Gasteiger partial charge in [-0.15, -0.1) is 24.8 Å². The molecule has 1 aromatic heterocycles. The molecular formula is C16H20Cl2N4O4. The summed E-state index contributed by atoms with van der Waals surface area (Å²) in [5.41, 5.74) is 6.85. The van der Waals surface area contributed by atoms with Crippen molar-refractivity contribution in [1.29, 1.82) is 0 Å². The van der Waals surface area contributed by atoms with E-state index in [0.29, 0.717) is 37.5 Å². The van der Waals surface area contributed by atoms with Crippen LogP contribution >= 0.6 is 24.8 Å². The van der Waals surface area contributed by atoms with E-state index in [1.165, 1.54) is 12.3 Å². The SMILES string of the molecule is Cl.Cl.NCc1cc(C(=O)N2CCN(c3cccc([N+](=O)[O-])c3)CC2)co1. The molecule has 0 spiro atoms. The molecule has 10 heteroatoms. The van der Waals surface area contributed by atoms with Crippen LogP contribution in [0.4, 0.5) is 11.4 Å². The number of carbonyl (C=O) groups is 1. The third kappa shape index (κ3) is 4.66. The van der Waals surface area contributed by atoms with Crippen LogP contribution in [-0.2, 0) is 6.54 Å². The first-order valence-corrected chi connectivity index (χ1v) is 7.64. The van der Waals surface area contributed by atoms with Crippen LogP contribution in [0, 0.1) is 10.1 Å². The normalized spacial score (nSPS) is 13.6. The number of carbonyl (C=O) groups excluding carboxylic acids is 1. The maximum Gasteiger partial charge on any atom is 0.271 e. The predicted molar refractivity (Wildman–Crippen MR) is 102 cm³/mol. The number of benzene rings is 1. The zero-order chi connectivity index (χ0) is 17.1. The predicted octanol–water partition coefficient (Wildman–Crippen LogP) is 2.45. The molecule has 8 nitrogen and oxygen atoms in total. The van der Waals surface area contributed by atoms with Crippen LogP contribution in [0.5, 0.6) is 0 Å². The number of non-ortho nitro benzene ring substituents is 1. The Kier molecular flexibility index (Phi) is 7.88. The molecule has 0 bridgehead atoms. The number of nitro groups is 1. The summed E-state index contributed by atoms with van der Waals surface area (Å²) in [6.45, 7) is 2.59. The van der Waals surface area contributed by atoms with Gasteiger partial charge in [0.25, 0.3) is 11.6 Å². The number of anilines is 1. The molecule has 1 aliphatic rings. The molecule has 2 aromatic rings. The molecule has 2 heterocycles. The number of rotatable bonds is 4. The summed E-state index contributed by atoms with van der Waals surface area (Å²) in [6, 6.07) is 8.20. The quantitative estimate of drug-likeness (QED) is 0.621. The smallest absolute Gasteiger partial charge is 0.271 e. The van der Waals surface area contributed by atoms with E-state index in [1.807, 2.05) is 11.0 Å². The maximum atomic E-state index is 12.4. The molecule has 142 valence electrons. The van der Waals surface area contributed by atoms with Crippen LogP contribution in [0.15, 0.2) is 41.0 Å². The van der Waals surface area contributed by atoms with Crippen LogP contribution in [0.2, 0.25) is 0 Å². The Bertz CT molecular complexity index is 760. The van der Waals surface area contributed by atoms with E-state index < -0.39 is 4.92 Å². The fourth-order valence-electron chi connectivity index (χ4n) is 2.75. The van der Waals surface area contributed by atoms with Gasteiger partial charge in [-0.2, -0.15) is 0 Å². The second kappa shape index (κ2) is 9.42. The molecule has 0 unspecified atom stereocenters. The average molecular weight is 403 g/mol. The minimum Gasteiger partial charge on any atom is -0.467 e. The number of hydrogen-bond donors (Lipinski definition) is 1. The summed E-state index contributed by atoms with van der Waals surface area (Å²) >= 11 is 0. The molecule has 1 aromatic carbocycles. The van der Waals surface area contributed by atoms with E-state index in [2.05, 4.69) is 0 Å². The average Bonchev–Trinajstić information content (AvgIpc) is 3.10. The lowest BCUT2D eigenvalue weighted by atomic mass is 10.2. The largest absolute Gasteiger partial charge is 0.467 e. The molecule has 1 fully saturated rings. The van der Waals surface area contributed by atoms with Crippen molar-refractivity contribution >= 4 is 42.1 Å². The number of furan rings is 1. The summed E-state index contributed by atoms with van der Waals surface area (Å²) in [4.78, 5) is 26.7. The van der Waals surface area contributed by atoms with E-state index >= 15 is 0 Å². The van der Waals surface area contributed by atoms with Crippen molar-refractivity contribution in [2.45, 2.75) is 6.54 Å². The van der Waals surface area contributed by atoms with Crippen molar-refractivity contribution in [3.8, 4) is 0 Å². The van der Waals surface area contributed by atoms with Gasteiger partial charge in [0, 0.05) is 44.0 Å². The monoisotopic (exact) mass is 402 g/mol. The number of hydrogen-bond acceptors (Lipinski definition) is 6. The molecule has 1 saturated heterocycles. The third-order valence-electron chi connectivity index (χ3n) is 4.07. The Hall–Kier alpha value is -2.29. The first kappa shape index (κ1) is 21.8. The van der Waals surface area contributed by atoms with Crippen molar-refractivity contribution in [3.05, 3.63) is 58.0 Å². The van der Waals surface area contributed by atoms with Gasteiger partial charge in [0.15, 0.2) is 0 Å². The van der Waals surface area contributed by atoms with Crippen LogP contribution in [0.25, 0.3) is 0 Å². The van der Waals surface area contributed by atoms with Crippen LogP contribution in [-0.4, -0.2) is 41.9 Å². The van der Waals surface area contributed by atoms with Crippen molar-refractivity contribution in [2.75, 3.05) is 31.1 Å². The molecule has 0 radical (unpaired) electrons. The van der Waals surface area contributed by atoms with Crippen molar-refractivity contribution in [2.24, 2.45) is 5.73 Å². The summed E-state index contributed by atoms with van der Waals surface area (Å²) in [7, 11) is 0. The van der Waals surface area contributed by atoms with Gasteiger partial charge < -0.3 is 20.0 Å². The molecular weight excluding hydrogens is 383 g/mol. The summed E-state index contributed by atoms with van der Waals surface area (Å²) in [5, 5.41) is 10.9. The lowest BCUT2D eigenvalue weighted by Crippen LogP contribution is -2.48. The molecule has 2 N–H and O–H groups in total. The van der Waals surface area contributed by atoms with Gasteiger partial charge >= 0.3 is 0 Å². The van der Waals surface area contributed by atoms with Crippen molar-refractivity contribution in [3.63, 3.8) is 0 Å². The Balaban J connectivity index is 0.00000169. The maximum absolute atomic E-state index is 12.4. The highest BCUT2D eigenvalue weighted by Crippen LogP contribution is 2.22. The summed E-state index contributed by atoms with van der Waals surface area (Å²) in [5.74, 6) is 0.491. The summed E-state index contributed by atoms with van der Waals surface area (Å²) in [6.07, 6.45) is 1.43. The van der Waals surface area contributed by atoms with Crippen molar-refractivity contribution in [1.82, 2.24) is 4.90 Å². The first-order chi connectivity index (χ1) is 11.6. The molecule has 1 amide bonds. The highest BCUT2D eigenvalue weighted by atomic mass is 35.5. The zero-order valence-corrected chi connectivity index (χ0v) is 15.5. The van der Waals surface area contributed by atoms with Gasteiger partial charge in [-0.05, 0) is 12.1 Å². The van der Waals surface area contributed by atoms with Crippen LogP contribution in [0.1, 0.15) is 16.1 Å². The molecule has 0 aliphatic carbocycles. The second-order valence-corrected chi connectivity index (χ2v) is 5.56. The molecule has 3 rings (SSSR count). The molecule has 0 atom stereocenters. The topological polar surface area (TPSA) is 106 Å². The van der Waals surface area contributed by atoms with E-state index in [9.17, 15) is 14.9 Å². The Morgan fingerprint density at radius 1 is 1.19 bits per heavy atom. The fraction of sp³-hybridized carbons (Fsp3) is 0.312. The number of nitro benzene ring substituents is 1. The van der Waals surface area contributed by atoms with Gasteiger partial charge in [-0.1, -0.05) is 6.07 Å². The number of piperazine rings is 1. The lowest BCUT2D eigenvalue weighted by molar-refractivity contribution is -0.384. The van der Waals surface area contributed by atoms with Gasteiger partial charge in [0.05, 0.1) is 17.0 Å². The van der Waals surface area contributed by atoms with E-state index in [0.717, 1.165) is 5.69 Å². The highest BCUT2D eigenvalue weighted by molar-refractivity contribution is 5.94. The minimum absolute atomic E-state index is 0. The van der Waals surface area contributed by atoms with Crippen LogP contribution < -0.4 is 10.6 Å². The number of amides is 1. The lowest BCUT2D eigenvalue weighted by Gasteiger charge is -2.35. The van der Waals surface area contributed by atoms with E-state index in [4.69, 9.17) is 10.2 Å². The van der Waals surface area contributed by atoms with Gasteiger partial charge in [0.2, 0.25) is 0 Å².